The Labute approximate surface area is 305 Å². The molecule has 3 saturated carbocycles. The Bertz CT molecular complexity index is 1360. The van der Waals surface area contributed by atoms with E-state index >= 15 is 0 Å². The molecule has 0 aromatic heterocycles. The van der Waals surface area contributed by atoms with Crippen molar-refractivity contribution in [2.24, 2.45) is 5.41 Å². The quantitative estimate of drug-likeness (QED) is 0.174. The fourth-order valence-electron chi connectivity index (χ4n) is 8.72. The lowest BCUT2D eigenvalue weighted by atomic mass is 9.70. The first-order valence-corrected chi connectivity index (χ1v) is 21.2. The van der Waals surface area contributed by atoms with Gasteiger partial charge in [-0.2, -0.15) is 4.31 Å². The highest BCUT2D eigenvalue weighted by Gasteiger charge is 2.48. The third kappa shape index (κ3) is 10.4. The maximum Gasteiger partial charge on any atom is 0.315 e. The second-order valence-electron chi connectivity index (χ2n) is 16.5. The molecule has 14 heteroatoms. The Morgan fingerprint density at radius 2 is 1.41 bits per heavy atom. The summed E-state index contributed by atoms with van der Waals surface area (Å²) in [5.41, 5.74) is -1.55. The standard InChI is InChI=1S/C37H64N6O7S/c1-7-15-28(30(44)33(46)38-27-17-18-27)39-32(45)29-16-14-23-42(29)34(47)31(36(6)19-10-8-11-20-36)40-35(48)41-37(21-12-9-13-22-37)24-51(49,50)43(25(2)3)26(4)5/h25-29,31H,7-24H2,1-6H3,(H,38,46)(H,39,45)(H2,40,41,48)/t28-,29-,31+/m0/s1. The summed E-state index contributed by atoms with van der Waals surface area (Å²) in [7, 11) is -3.74. The fraction of sp³-hybridized carbons (Fsp3) is 0.865. The van der Waals surface area contributed by atoms with Crippen LogP contribution < -0.4 is 21.3 Å². The minimum atomic E-state index is -3.74. The zero-order chi connectivity index (χ0) is 37.6. The predicted octanol–water partition coefficient (Wildman–Crippen LogP) is 3.90. The van der Waals surface area contributed by atoms with E-state index in [9.17, 15) is 32.4 Å². The molecule has 4 N–H and O–H groups in total. The lowest BCUT2D eigenvalue weighted by Gasteiger charge is -2.44. The summed E-state index contributed by atoms with van der Waals surface area (Å²) in [4.78, 5) is 69.5. The number of urea groups is 1. The maximum atomic E-state index is 14.6. The molecule has 0 radical (unpaired) electrons. The normalized spacial score (nSPS) is 23.1. The number of carbonyl (C=O) groups is 5. The average Bonchev–Trinajstić information content (AvgIpc) is 3.72. The molecule has 0 unspecified atom stereocenters. The monoisotopic (exact) mass is 736 g/mol. The van der Waals surface area contributed by atoms with Gasteiger partial charge >= 0.3 is 6.03 Å². The molecule has 4 rings (SSSR count). The lowest BCUT2D eigenvalue weighted by molar-refractivity contribution is -0.144. The van der Waals surface area contributed by atoms with Crippen molar-refractivity contribution >= 4 is 39.6 Å². The molecule has 5 amide bonds. The molecule has 51 heavy (non-hydrogen) atoms. The van der Waals surface area contributed by atoms with Crippen molar-refractivity contribution in [3.8, 4) is 0 Å². The van der Waals surface area contributed by atoms with E-state index in [4.69, 9.17) is 0 Å². The molecule has 3 aliphatic carbocycles. The molecule has 0 bridgehead atoms. The van der Waals surface area contributed by atoms with Gasteiger partial charge in [-0.3, -0.25) is 19.2 Å². The molecule has 3 atom stereocenters. The van der Waals surface area contributed by atoms with Gasteiger partial charge < -0.3 is 26.2 Å². The summed E-state index contributed by atoms with van der Waals surface area (Å²) < 4.78 is 29.2. The van der Waals surface area contributed by atoms with Gasteiger partial charge in [-0.1, -0.05) is 58.8 Å². The van der Waals surface area contributed by atoms with E-state index < -0.39 is 62.7 Å². The predicted molar refractivity (Wildman–Crippen MR) is 196 cm³/mol. The Morgan fingerprint density at radius 1 is 0.824 bits per heavy atom. The molecule has 0 aromatic carbocycles. The van der Waals surface area contributed by atoms with Crippen molar-refractivity contribution in [3.63, 3.8) is 0 Å². The van der Waals surface area contributed by atoms with Crippen molar-refractivity contribution in [3.05, 3.63) is 0 Å². The minimum absolute atomic E-state index is 0.0114. The van der Waals surface area contributed by atoms with E-state index in [0.717, 1.165) is 64.2 Å². The van der Waals surface area contributed by atoms with E-state index in [1.165, 1.54) is 9.21 Å². The third-order valence-electron chi connectivity index (χ3n) is 11.4. The van der Waals surface area contributed by atoms with Crippen molar-refractivity contribution in [2.45, 2.75) is 186 Å². The topological polar surface area (TPSA) is 174 Å². The van der Waals surface area contributed by atoms with Crippen molar-refractivity contribution in [2.75, 3.05) is 12.3 Å². The number of hydrogen-bond acceptors (Lipinski definition) is 7. The van der Waals surface area contributed by atoms with Crippen LogP contribution in [0.2, 0.25) is 0 Å². The second-order valence-corrected chi connectivity index (χ2v) is 18.4. The van der Waals surface area contributed by atoms with E-state index in [0.29, 0.717) is 45.1 Å². The Hall–Kier alpha value is -2.74. The van der Waals surface area contributed by atoms with Gasteiger partial charge in [-0.05, 0) is 90.9 Å². The maximum absolute atomic E-state index is 14.6. The van der Waals surface area contributed by atoms with Crippen LogP contribution in [0.25, 0.3) is 0 Å². The van der Waals surface area contributed by atoms with Gasteiger partial charge in [0.1, 0.15) is 12.1 Å². The molecule has 1 heterocycles. The summed E-state index contributed by atoms with van der Waals surface area (Å²) in [6.07, 6.45) is 11.4. The molecule has 290 valence electrons. The van der Waals surface area contributed by atoms with Gasteiger partial charge in [0.05, 0.1) is 17.3 Å². The summed E-state index contributed by atoms with van der Waals surface area (Å²) in [6.45, 7) is 11.6. The van der Waals surface area contributed by atoms with Crippen LogP contribution in [-0.4, -0.2) is 101 Å². The summed E-state index contributed by atoms with van der Waals surface area (Å²) >= 11 is 0. The first-order valence-electron chi connectivity index (χ1n) is 19.6. The van der Waals surface area contributed by atoms with Gasteiger partial charge in [0.15, 0.2) is 0 Å². The Morgan fingerprint density at radius 3 is 1.96 bits per heavy atom. The Kier molecular flexibility index (Phi) is 14.0. The largest absolute Gasteiger partial charge is 0.347 e. The average molecular weight is 737 g/mol. The van der Waals surface area contributed by atoms with Gasteiger partial charge in [-0.15, -0.1) is 0 Å². The number of nitrogens with one attached hydrogen (secondary N) is 4. The SMILES string of the molecule is CCC[C@H](NC(=O)[C@@H]1CCCN1C(=O)[C@@H](NC(=O)NC1(CS(=O)(=O)N(C(C)C)C(C)C)CCCCC1)C1(C)CCCCC1)C(=O)C(=O)NC1CC1. The zero-order valence-corrected chi connectivity index (χ0v) is 32.7. The number of amides is 5. The summed E-state index contributed by atoms with van der Waals surface area (Å²) in [5.74, 6) is -2.42. The number of Topliss-reactive ketones (excluding diaryl/α,β-unsaturated/α-hetero) is 1. The van der Waals surface area contributed by atoms with Crippen LogP contribution in [0.5, 0.6) is 0 Å². The number of nitrogens with zero attached hydrogens (tertiary/aromatic N) is 2. The first kappa shape index (κ1) is 41.0. The van der Waals surface area contributed by atoms with E-state index in [1.807, 2.05) is 41.5 Å². The van der Waals surface area contributed by atoms with Crippen molar-refractivity contribution in [1.29, 1.82) is 0 Å². The highest BCUT2D eigenvalue weighted by molar-refractivity contribution is 7.89. The molecule has 4 fully saturated rings. The van der Waals surface area contributed by atoms with Crippen molar-refractivity contribution < 1.29 is 32.4 Å². The zero-order valence-electron chi connectivity index (χ0n) is 31.9. The molecule has 13 nitrogen and oxygen atoms in total. The number of rotatable bonds is 16. The van der Waals surface area contributed by atoms with Gasteiger partial charge in [-0.25, -0.2) is 13.2 Å². The van der Waals surface area contributed by atoms with Crippen LogP contribution in [0.4, 0.5) is 4.79 Å². The summed E-state index contributed by atoms with van der Waals surface area (Å²) in [6, 6.07) is -3.81. The smallest absolute Gasteiger partial charge is 0.315 e. The fourth-order valence-corrected chi connectivity index (χ4v) is 11.2. The highest BCUT2D eigenvalue weighted by Crippen LogP contribution is 2.40. The highest BCUT2D eigenvalue weighted by atomic mass is 32.2. The first-order chi connectivity index (χ1) is 24.0. The molecule has 1 saturated heterocycles. The van der Waals surface area contributed by atoms with Crippen LogP contribution in [0.1, 0.15) is 144 Å². The van der Waals surface area contributed by atoms with Gasteiger partial charge in [0, 0.05) is 24.7 Å². The molecule has 0 aromatic rings. The molecule has 4 aliphatic rings. The minimum Gasteiger partial charge on any atom is -0.347 e. The Balaban J connectivity index is 1.54. The van der Waals surface area contributed by atoms with Crippen LogP contribution in [-0.2, 0) is 29.2 Å². The van der Waals surface area contributed by atoms with Crippen LogP contribution in [0.15, 0.2) is 0 Å². The summed E-state index contributed by atoms with van der Waals surface area (Å²) in [5, 5.41) is 11.6. The van der Waals surface area contributed by atoms with Crippen LogP contribution >= 0.6 is 0 Å². The molecule has 0 spiro atoms. The van der Waals surface area contributed by atoms with Crippen LogP contribution in [0, 0.1) is 5.41 Å². The second kappa shape index (κ2) is 17.4. The lowest BCUT2D eigenvalue weighted by Crippen LogP contribution is -2.64. The van der Waals surface area contributed by atoms with E-state index in [-0.39, 0.29) is 29.8 Å². The van der Waals surface area contributed by atoms with Gasteiger partial charge in [0.2, 0.25) is 27.6 Å². The number of hydrogen-bond donors (Lipinski definition) is 4. The molecular weight excluding hydrogens is 673 g/mol. The number of sulfonamides is 1. The molecule has 1 aliphatic heterocycles. The molecular formula is C37H64N6O7S. The van der Waals surface area contributed by atoms with Crippen molar-refractivity contribution in [1.82, 2.24) is 30.5 Å². The van der Waals surface area contributed by atoms with Gasteiger partial charge in [0.25, 0.3) is 5.91 Å². The number of ketones is 1. The number of likely N-dealkylation sites (tertiary alicyclic amines) is 1. The third-order valence-corrected chi connectivity index (χ3v) is 13.8. The van der Waals surface area contributed by atoms with Crippen LogP contribution in [0.3, 0.4) is 0 Å². The number of carbonyl (C=O) groups excluding carboxylic acids is 5. The van der Waals surface area contributed by atoms with E-state index in [1.54, 1.807) is 0 Å². The van der Waals surface area contributed by atoms with E-state index in [2.05, 4.69) is 21.3 Å².